The van der Waals surface area contributed by atoms with Crippen LogP contribution >= 0.6 is 36.2 Å². The van der Waals surface area contributed by atoms with Crippen molar-refractivity contribution in [1.29, 1.82) is 0 Å². The van der Waals surface area contributed by atoms with Crippen LogP contribution in [0.2, 0.25) is 0 Å². The smallest absolute Gasteiger partial charge is 0.275 e. The van der Waals surface area contributed by atoms with Crippen molar-refractivity contribution in [2.24, 2.45) is 5.73 Å². The number of carbonyl (C=O) groups is 2. The van der Waals surface area contributed by atoms with Gasteiger partial charge in [-0.2, -0.15) is 0 Å². The van der Waals surface area contributed by atoms with Crippen LogP contribution in [0.25, 0.3) is 0 Å². The Labute approximate surface area is 187 Å². The van der Waals surface area contributed by atoms with Gasteiger partial charge in [-0.05, 0) is 56.7 Å². The molecule has 1 aromatic carbocycles. The Bertz CT molecular complexity index is 779. The number of hydrogen-bond acceptors (Lipinski definition) is 6. The van der Waals surface area contributed by atoms with E-state index in [0.717, 1.165) is 24.6 Å². The van der Waals surface area contributed by atoms with Crippen LogP contribution in [-0.4, -0.2) is 54.4 Å². The number of rotatable bonds is 8. The van der Waals surface area contributed by atoms with Gasteiger partial charge in [0, 0.05) is 36.1 Å². The molecule has 0 spiro atoms. The van der Waals surface area contributed by atoms with Crippen LogP contribution in [0.4, 0.5) is 5.69 Å². The standard InChI is InChI=1S/C19H25N5O2S.2ClH/c20-8-7-17-23-16(13-27-17)19(26)22-15-5-3-14(4-6-15)18(25)21-9-12-24-10-1-2-11-24;;/h3-6,13H,1-2,7-12,20H2,(H,21,25)(H,22,26);2*1H. The first-order valence-corrected chi connectivity index (χ1v) is 10.1. The van der Waals surface area contributed by atoms with Crippen molar-refractivity contribution in [3.63, 3.8) is 0 Å². The molecule has 1 aromatic heterocycles. The summed E-state index contributed by atoms with van der Waals surface area (Å²) in [5, 5.41) is 8.31. The fourth-order valence-corrected chi connectivity index (χ4v) is 3.78. The van der Waals surface area contributed by atoms with Crippen molar-refractivity contribution < 1.29 is 9.59 Å². The largest absolute Gasteiger partial charge is 0.351 e. The lowest BCUT2D eigenvalue weighted by atomic mass is 10.2. The van der Waals surface area contributed by atoms with Crippen LogP contribution in [0.15, 0.2) is 29.6 Å². The van der Waals surface area contributed by atoms with E-state index in [1.807, 2.05) is 0 Å². The molecule has 0 saturated carbocycles. The number of likely N-dealkylation sites (tertiary alicyclic amines) is 1. The highest BCUT2D eigenvalue weighted by atomic mass is 35.5. The van der Waals surface area contributed by atoms with Crippen molar-refractivity contribution in [3.05, 3.63) is 45.9 Å². The zero-order valence-electron chi connectivity index (χ0n) is 16.1. The average molecular weight is 460 g/mol. The van der Waals surface area contributed by atoms with Crippen molar-refractivity contribution in [2.45, 2.75) is 19.3 Å². The molecule has 1 aliphatic heterocycles. The molecule has 29 heavy (non-hydrogen) atoms. The molecule has 1 aliphatic rings. The first-order chi connectivity index (χ1) is 13.2. The summed E-state index contributed by atoms with van der Waals surface area (Å²) < 4.78 is 0. The maximum Gasteiger partial charge on any atom is 0.275 e. The molecule has 2 heterocycles. The van der Waals surface area contributed by atoms with Gasteiger partial charge in [0.2, 0.25) is 0 Å². The van der Waals surface area contributed by atoms with E-state index < -0.39 is 0 Å². The number of nitrogens with two attached hydrogens (primary N) is 1. The van der Waals surface area contributed by atoms with Gasteiger partial charge in [-0.15, -0.1) is 36.2 Å². The van der Waals surface area contributed by atoms with Crippen LogP contribution in [0.3, 0.4) is 0 Å². The van der Waals surface area contributed by atoms with Gasteiger partial charge in [0.15, 0.2) is 0 Å². The summed E-state index contributed by atoms with van der Waals surface area (Å²) in [7, 11) is 0. The monoisotopic (exact) mass is 459 g/mol. The molecule has 0 atom stereocenters. The van der Waals surface area contributed by atoms with Gasteiger partial charge in [0.25, 0.3) is 11.8 Å². The van der Waals surface area contributed by atoms with Gasteiger partial charge in [-0.3, -0.25) is 9.59 Å². The number of benzene rings is 1. The molecule has 0 aliphatic carbocycles. The minimum atomic E-state index is -0.266. The summed E-state index contributed by atoms with van der Waals surface area (Å²) in [6.45, 7) is 4.29. The third kappa shape index (κ3) is 7.56. The summed E-state index contributed by atoms with van der Waals surface area (Å²) in [6.07, 6.45) is 3.16. The van der Waals surface area contributed by atoms with Crippen LogP contribution in [0.1, 0.15) is 38.7 Å². The minimum absolute atomic E-state index is 0. The zero-order chi connectivity index (χ0) is 19.1. The molecular weight excluding hydrogens is 433 g/mol. The number of aromatic nitrogens is 1. The second-order valence-electron chi connectivity index (χ2n) is 6.50. The summed E-state index contributed by atoms with van der Waals surface area (Å²) in [5.74, 6) is -0.365. The molecule has 1 saturated heterocycles. The number of halogens is 2. The maximum atomic E-state index is 12.2. The van der Waals surface area contributed by atoms with Crippen LogP contribution in [0.5, 0.6) is 0 Å². The minimum Gasteiger partial charge on any atom is -0.351 e. The Balaban J connectivity index is 0.00000210. The fourth-order valence-electron chi connectivity index (χ4n) is 2.99. The molecule has 10 heteroatoms. The summed E-state index contributed by atoms with van der Waals surface area (Å²) >= 11 is 1.43. The molecule has 0 unspecified atom stereocenters. The Morgan fingerprint density at radius 2 is 1.79 bits per heavy atom. The quantitative estimate of drug-likeness (QED) is 0.562. The van der Waals surface area contributed by atoms with E-state index in [9.17, 15) is 9.59 Å². The Hall–Kier alpha value is -1.71. The molecule has 2 amide bonds. The Morgan fingerprint density at radius 3 is 2.45 bits per heavy atom. The second-order valence-corrected chi connectivity index (χ2v) is 7.44. The van der Waals surface area contributed by atoms with Gasteiger partial charge >= 0.3 is 0 Å². The lowest BCUT2D eigenvalue weighted by Crippen LogP contribution is -2.33. The molecular formula is C19H27Cl2N5O2S. The number of hydrogen-bond donors (Lipinski definition) is 3. The zero-order valence-corrected chi connectivity index (χ0v) is 18.5. The highest BCUT2D eigenvalue weighted by molar-refractivity contribution is 7.09. The second kappa shape index (κ2) is 12.8. The van der Waals surface area contributed by atoms with E-state index in [1.165, 1.54) is 24.2 Å². The van der Waals surface area contributed by atoms with E-state index in [4.69, 9.17) is 5.73 Å². The number of nitrogens with one attached hydrogen (secondary N) is 2. The number of thiazole rings is 1. The Morgan fingerprint density at radius 1 is 1.10 bits per heavy atom. The fraction of sp³-hybridized carbons (Fsp3) is 0.421. The number of amides is 2. The van der Waals surface area contributed by atoms with Crippen LogP contribution in [-0.2, 0) is 6.42 Å². The lowest BCUT2D eigenvalue weighted by Gasteiger charge is -2.14. The number of nitrogens with zero attached hydrogens (tertiary/aromatic N) is 2. The summed E-state index contributed by atoms with van der Waals surface area (Å²) in [6, 6.07) is 6.87. The summed E-state index contributed by atoms with van der Waals surface area (Å²) in [4.78, 5) is 31.1. The highest BCUT2D eigenvalue weighted by Gasteiger charge is 2.13. The first-order valence-electron chi connectivity index (χ1n) is 9.22. The molecule has 1 fully saturated rings. The van der Waals surface area contributed by atoms with Crippen molar-refractivity contribution >= 4 is 53.7 Å². The van der Waals surface area contributed by atoms with Gasteiger partial charge in [0.1, 0.15) is 5.69 Å². The predicted octanol–water partition coefficient (Wildman–Crippen LogP) is 2.57. The molecule has 0 bridgehead atoms. The third-order valence-corrected chi connectivity index (χ3v) is 5.37. The average Bonchev–Trinajstić information content (AvgIpc) is 3.35. The molecule has 160 valence electrons. The summed E-state index contributed by atoms with van der Waals surface area (Å²) in [5.41, 5.74) is 7.09. The van der Waals surface area contributed by atoms with E-state index >= 15 is 0 Å². The van der Waals surface area contributed by atoms with Gasteiger partial charge in [-0.25, -0.2) is 4.98 Å². The molecule has 2 aromatic rings. The maximum absolute atomic E-state index is 12.2. The normalized spacial score (nSPS) is 13.3. The van der Waals surface area contributed by atoms with E-state index in [-0.39, 0.29) is 36.6 Å². The van der Waals surface area contributed by atoms with Crippen molar-refractivity contribution in [2.75, 3.05) is 38.0 Å². The van der Waals surface area contributed by atoms with E-state index in [0.29, 0.717) is 36.5 Å². The molecule has 3 rings (SSSR count). The predicted molar refractivity (Wildman–Crippen MR) is 122 cm³/mol. The third-order valence-electron chi connectivity index (χ3n) is 4.46. The van der Waals surface area contributed by atoms with Crippen molar-refractivity contribution in [3.8, 4) is 0 Å². The van der Waals surface area contributed by atoms with Gasteiger partial charge < -0.3 is 21.3 Å². The van der Waals surface area contributed by atoms with Crippen molar-refractivity contribution in [1.82, 2.24) is 15.2 Å². The Kier molecular flexibility index (Phi) is 11.2. The van der Waals surface area contributed by atoms with Crippen LogP contribution in [0, 0.1) is 0 Å². The molecule has 7 nitrogen and oxygen atoms in total. The SMILES string of the molecule is Cl.Cl.NCCc1nc(C(=O)Nc2ccc(C(=O)NCCN3CCCC3)cc2)cs1. The number of anilines is 1. The van der Waals surface area contributed by atoms with E-state index in [1.54, 1.807) is 29.6 Å². The molecule has 0 radical (unpaired) electrons. The highest BCUT2D eigenvalue weighted by Crippen LogP contribution is 2.14. The van der Waals surface area contributed by atoms with Gasteiger partial charge in [0.05, 0.1) is 5.01 Å². The molecule has 4 N–H and O–H groups in total. The first kappa shape index (κ1) is 25.3. The number of carbonyl (C=O) groups excluding carboxylic acids is 2. The topological polar surface area (TPSA) is 100 Å². The van der Waals surface area contributed by atoms with Crippen LogP contribution < -0.4 is 16.4 Å². The lowest BCUT2D eigenvalue weighted by molar-refractivity contribution is 0.0949. The van der Waals surface area contributed by atoms with E-state index in [2.05, 4.69) is 20.5 Å². The van der Waals surface area contributed by atoms with Gasteiger partial charge in [-0.1, -0.05) is 0 Å².